The van der Waals surface area contributed by atoms with Crippen molar-refractivity contribution in [1.82, 2.24) is 0 Å². The molecule has 0 aliphatic heterocycles. The molecule has 1 N–H and O–H groups in total. The second-order valence-electron chi connectivity index (χ2n) is 5.58. The Morgan fingerprint density at radius 2 is 1.85 bits per heavy atom. The molecule has 0 amide bonds. The number of ether oxygens (including phenoxy) is 2. The van der Waals surface area contributed by atoms with Gasteiger partial charge in [-0.3, -0.25) is 4.79 Å². The van der Waals surface area contributed by atoms with Crippen molar-refractivity contribution in [3.63, 3.8) is 0 Å². The Balaban J connectivity index is 2.00. The van der Waals surface area contributed by atoms with Gasteiger partial charge in [-0.25, -0.2) is 0 Å². The summed E-state index contributed by atoms with van der Waals surface area (Å²) in [6.45, 7) is 7.45. The zero-order valence-corrected chi connectivity index (χ0v) is 12.6. The Morgan fingerprint density at radius 3 is 2.50 bits per heavy atom. The largest absolute Gasteiger partial charge is 0.463 e. The minimum absolute atomic E-state index is 0.169. The minimum Gasteiger partial charge on any atom is -0.463 e. The van der Waals surface area contributed by atoms with E-state index in [4.69, 9.17) is 9.47 Å². The fourth-order valence-corrected chi connectivity index (χ4v) is 1.60. The van der Waals surface area contributed by atoms with Gasteiger partial charge in [0, 0.05) is 18.7 Å². The molecule has 0 saturated heterocycles. The van der Waals surface area contributed by atoms with Gasteiger partial charge in [0.05, 0.1) is 12.2 Å². The summed E-state index contributed by atoms with van der Waals surface area (Å²) in [5, 5.41) is 3.25. The lowest BCUT2D eigenvalue weighted by Crippen LogP contribution is -2.22. The van der Waals surface area contributed by atoms with Crippen LogP contribution in [0.25, 0.3) is 0 Å². The molecule has 0 atom stereocenters. The smallest absolute Gasteiger partial charge is 0.305 e. The molecule has 0 aliphatic carbocycles. The molecule has 0 heterocycles. The van der Waals surface area contributed by atoms with Gasteiger partial charge in [0.2, 0.25) is 0 Å². The van der Waals surface area contributed by atoms with Gasteiger partial charge in [-0.1, -0.05) is 18.2 Å². The molecule has 0 fully saturated rings. The average molecular weight is 279 g/mol. The zero-order chi connectivity index (χ0) is 14.8. The number of hydrogen-bond donors (Lipinski definition) is 1. The number of nitrogens with one attached hydrogen (secondary N) is 1. The quantitative estimate of drug-likeness (QED) is 0.586. The van der Waals surface area contributed by atoms with E-state index in [9.17, 15) is 4.79 Å². The highest BCUT2D eigenvalue weighted by Crippen LogP contribution is 2.06. The lowest BCUT2D eigenvalue weighted by Gasteiger charge is -2.19. The fourth-order valence-electron chi connectivity index (χ4n) is 1.60. The van der Waals surface area contributed by atoms with Crippen LogP contribution in [0.2, 0.25) is 0 Å². The Kier molecular flexibility index (Phi) is 7.09. The summed E-state index contributed by atoms with van der Waals surface area (Å²) in [4.78, 5) is 11.5. The van der Waals surface area contributed by atoms with Crippen LogP contribution in [-0.4, -0.2) is 31.3 Å². The van der Waals surface area contributed by atoms with Crippen LogP contribution in [0.15, 0.2) is 30.3 Å². The monoisotopic (exact) mass is 279 g/mol. The summed E-state index contributed by atoms with van der Waals surface area (Å²) in [7, 11) is 0. The first-order valence-electron chi connectivity index (χ1n) is 7.06. The second-order valence-corrected chi connectivity index (χ2v) is 5.58. The van der Waals surface area contributed by atoms with Crippen LogP contribution in [0.4, 0.5) is 5.69 Å². The minimum atomic E-state index is -0.188. The van der Waals surface area contributed by atoms with Crippen molar-refractivity contribution < 1.29 is 14.3 Å². The number of benzene rings is 1. The SMILES string of the molecule is CC(C)(C)OCCOC(=O)CCCNc1ccccc1. The maximum atomic E-state index is 11.5. The molecule has 0 saturated carbocycles. The van der Waals surface area contributed by atoms with Crippen molar-refractivity contribution in [3.8, 4) is 0 Å². The summed E-state index contributed by atoms with van der Waals surface area (Å²) < 4.78 is 10.6. The van der Waals surface area contributed by atoms with E-state index in [2.05, 4.69) is 5.32 Å². The van der Waals surface area contributed by atoms with Crippen molar-refractivity contribution in [2.45, 2.75) is 39.2 Å². The Bertz CT molecular complexity index is 384. The molecule has 0 spiro atoms. The highest BCUT2D eigenvalue weighted by atomic mass is 16.6. The van der Waals surface area contributed by atoms with Gasteiger partial charge in [-0.05, 0) is 39.3 Å². The van der Waals surface area contributed by atoms with E-state index in [1.165, 1.54) is 0 Å². The summed E-state index contributed by atoms with van der Waals surface area (Å²) >= 11 is 0. The van der Waals surface area contributed by atoms with Crippen molar-refractivity contribution in [2.24, 2.45) is 0 Å². The third kappa shape index (κ3) is 8.53. The van der Waals surface area contributed by atoms with Crippen LogP contribution in [0, 0.1) is 0 Å². The Morgan fingerprint density at radius 1 is 1.15 bits per heavy atom. The molecule has 0 radical (unpaired) electrons. The Hall–Kier alpha value is -1.55. The van der Waals surface area contributed by atoms with E-state index >= 15 is 0 Å². The van der Waals surface area contributed by atoms with Crippen molar-refractivity contribution in [1.29, 1.82) is 0 Å². The van der Waals surface area contributed by atoms with E-state index < -0.39 is 0 Å². The maximum Gasteiger partial charge on any atom is 0.305 e. The second kappa shape index (κ2) is 8.59. The molecule has 4 heteroatoms. The molecule has 1 aromatic rings. The van der Waals surface area contributed by atoms with Gasteiger partial charge in [0.25, 0.3) is 0 Å². The predicted octanol–water partition coefficient (Wildman–Crippen LogP) is 3.24. The van der Waals surface area contributed by atoms with Crippen LogP contribution in [0.1, 0.15) is 33.6 Å². The van der Waals surface area contributed by atoms with Crippen molar-refractivity contribution >= 4 is 11.7 Å². The van der Waals surface area contributed by atoms with Gasteiger partial charge in [-0.2, -0.15) is 0 Å². The molecule has 112 valence electrons. The topological polar surface area (TPSA) is 47.6 Å². The molecule has 0 bridgehead atoms. The number of carbonyl (C=O) groups excluding carboxylic acids is 1. The lowest BCUT2D eigenvalue weighted by atomic mass is 10.2. The first-order chi connectivity index (χ1) is 9.47. The number of anilines is 1. The van der Waals surface area contributed by atoms with Gasteiger partial charge in [0.1, 0.15) is 6.61 Å². The van der Waals surface area contributed by atoms with Crippen LogP contribution >= 0.6 is 0 Å². The van der Waals surface area contributed by atoms with Gasteiger partial charge in [0.15, 0.2) is 0 Å². The highest BCUT2D eigenvalue weighted by molar-refractivity contribution is 5.69. The van der Waals surface area contributed by atoms with Crippen LogP contribution in [0.3, 0.4) is 0 Å². The lowest BCUT2D eigenvalue weighted by molar-refractivity contribution is -0.146. The molecule has 1 aromatic carbocycles. The summed E-state index contributed by atoms with van der Waals surface area (Å²) in [6.07, 6.45) is 1.18. The van der Waals surface area contributed by atoms with E-state index in [0.717, 1.165) is 18.7 Å². The normalized spacial score (nSPS) is 11.2. The third-order valence-electron chi connectivity index (χ3n) is 2.54. The van der Waals surface area contributed by atoms with Gasteiger partial charge in [-0.15, -0.1) is 0 Å². The average Bonchev–Trinajstić information content (AvgIpc) is 2.40. The number of hydrogen-bond acceptors (Lipinski definition) is 4. The van der Waals surface area contributed by atoms with Gasteiger partial charge < -0.3 is 14.8 Å². The predicted molar refractivity (Wildman–Crippen MR) is 80.8 cm³/mol. The third-order valence-corrected chi connectivity index (χ3v) is 2.54. The number of esters is 1. The first-order valence-corrected chi connectivity index (χ1v) is 7.06. The number of rotatable bonds is 8. The van der Waals surface area contributed by atoms with E-state index in [-0.39, 0.29) is 11.6 Å². The molecular formula is C16H25NO3. The van der Waals surface area contributed by atoms with Crippen molar-refractivity contribution in [2.75, 3.05) is 25.1 Å². The maximum absolute atomic E-state index is 11.5. The summed E-state index contributed by atoms with van der Waals surface area (Å²) in [6, 6.07) is 9.93. The first kappa shape index (κ1) is 16.5. The number of para-hydroxylation sites is 1. The van der Waals surface area contributed by atoms with Crippen molar-refractivity contribution in [3.05, 3.63) is 30.3 Å². The fraction of sp³-hybridized carbons (Fsp3) is 0.562. The zero-order valence-electron chi connectivity index (χ0n) is 12.6. The Labute approximate surface area is 121 Å². The summed E-state index contributed by atoms with van der Waals surface area (Å²) in [5.41, 5.74) is 0.880. The van der Waals surface area contributed by atoms with Crippen LogP contribution in [0.5, 0.6) is 0 Å². The van der Waals surface area contributed by atoms with Crippen LogP contribution in [-0.2, 0) is 14.3 Å². The molecule has 0 aromatic heterocycles. The number of carbonyl (C=O) groups is 1. The molecule has 4 nitrogen and oxygen atoms in total. The summed E-state index contributed by atoms with van der Waals surface area (Å²) in [5.74, 6) is -0.169. The standard InChI is InChI=1S/C16H25NO3/c1-16(2,3)20-13-12-19-15(18)10-7-11-17-14-8-5-4-6-9-14/h4-6,8-9,17H,7,10-13H2,1-3H3. The van der Waals surface area contributed by atoms with E-state index in [1.54, 1.807) is 0 Å². The molecule has 0 unspecified atom stereocenters. The molecule has 1 rings (SSSR count). The van der Waals surface area contributed by atoms with Crippen LogP contribution < -0.4 is 5.32 Å². The highest BCUT2D eigenvalue weighted by Gasteiger charge is 2.10. The van der Waals surface area contributed by atoms with E-state index in [1.807, 2.05) is 51.1 Å². The van der Waals surface area contributed by atoms with Gasteiger partial charge >= 0.3 is 5.97 Å². The molecule has 20 heavy (non-hydrogen) atoms. The molecule has 0 aliphatic rings. The molecular weight excluding hydrogens is 254 g/mol. The van der Waals surface area contributed by atoms with E-state index in [0.29, 0.717) is 19.6 Å².